The van der Waals surface area contributed by atoms with Gasteiger partial charge in [0.1, 0.15) is 11.9 Å². The predicted molar refractivity (Wildman–Crippen MR) is 101 cm³/mol. The van der Waals surface area contributed by atoms with E-state index in [4.69, 9.17) is 5.11 Å². The van der Waals surface area contributed by atoms with Gasteiger partial charge in [0.15, 0.2) is 5.82 Å². The molecule has 11 heteroatoms. The average molecular weight is 413 g/mol. The molecule has 1 atom stereocenters. The molecule has 0 spiro atoms. The third-order valence-electron chi connectivity index (χ3n) is 4.29. The molecule has 1 saturated carbocycles. The topological polar surface area (TPSA) is 122 Å². The van der Waals surface area contributed by atoms with E-state index in [0.717, 1.165) is 12.8 Å². The molecule has 1 aliphatic rings. The number of nitrogens with zero attached hydrogens (tertiary/aromatic N) is 4. The van der Waals surface area contributed by atoms with Gasteiger partial charge in [0.25, 0.3) is 0 Å². The summed E-state index contributed by atoms with van der Waals surface area (Å²) in [5, 5.41) is 25.8. The predicted octanol–water partition coefficient (Wildman–Crippen LogP) is 1.88. The first-order chi connectivity index (χ1) is 13.0. The van der Waals surface area contributed by atoms with Crippen molar-refractivity contribution in [3.8, 4) is 5.69 Å². The number of anilines is 1. The lowest BCUT2D eigenvalue weighted by molar-refractivity contribution is -0.139. The Labute approximate surface area is 167 Å². The maximum Gasteiger partial charge on any atom is 0.320 e. The van der Waals surface area contributed by atoms with Crippen LogP contribution in [0, 0.1) is 5.82 Å². The van der Waals surface area contributed by atoms with Gasteiger partial charge < -0.3 is 10.4 Å². The summed E-state index contributed by atoms with van der Waals surface area (Å²) in [6.07, 6.45) is 3.09. The van der Waals surface area contributed by atoms with Gasteiger partial charge >= 0.3 is 5.97 Å². The van der Waals surface area contributed by atoms with Crippen LogP contribution in [0.1, 0.15) is 44.3 Å². The molecule has 1 amide bonds. The van der Waals surface area contributed by atoms with Crippen LogP contribution < -0.4 is 10.6 Å². The van der Waals surface area contributed by atoms with E-state index in [1.807, 2.05) is 6.92 Å². The molecule has 3 rings (SSSR count). The number of benzene rings is 1. The summed E-state index contributed by atoms with van der Waals surface area (Å²) in [6, 6.07) is 3.40. The van der Waals surface area contributed by atoms with Crippen molar-refractivity contribution in [2.75, 3.05) is 11.9 Å². The standard InChI is InChI=1S/C17H21FN6O3.ClH/c1-2-3-13(17(26)27)19-9-15(25)20-14-8-11(6-7-12(14)18)24-16(10-4-5-10)21-22-23-24;/h6-8,10,13,19H,2-5,9H2,1H3,(H,20,25)(H,26,27);1H. The van der Waals surface area contributed by atoms with Gasteiger partial charge in [0.05, 0.1) is 17.9 Å². The van der Waals surface area contributed by atoms with Crippen LogP contribution in [0.25, 0.3) is 5.69 Å². The molecule has 1 aromatic carbocycles. The van der Waals surface area contributed by atoms with Gasteiger partial charge in [-0.05, 0) is 47.9 Å². The summed E-state index contributed by atoms with van der Waals surface area (Å²) >= 11 is 0. The van der Waals surface area contributed by atoms with Crippen LogP contribution in [0.4, 0.5) is 10.1 Å². The molecule has 28 heavy (non-hydrogen) atoms. The van der Waals surface area contributed by atoms with Crippen LogP contribution in [0.15, 0.2) is 18.2 Å². The summed E-state index contributed by atoms with van der Waals surface area (Å²) in [5.41, 5.74) is 0.528. The second kappa shape index (κ2) is 9.56. The Kier molecular flexibility index (Phi) is 7.41. The van der Waals surface area contributed by atoms with Gasteiger partial charge in [-0.25, -0.2) is 4.39 Å². The molecule has 152 valence electrons. The maximum atomic E-state index is 14.1. The minimum atomic E-state index is -1.02. The van der Waals surface area contributed by atoms with Crippen molar-refractivity contribution < 1.29 is 19.1 Å². The minimum absolute atomic E-state index is 0. The summed E-state index contributed by atoms with van der Waals surface area (Å²) in [5.74, 6) is -1.14. The van der Waals surface area contributed by atoms with Gasteiger partial charge in [-0.1, -0.05) is 13.3 Å². The second-order valence-electron chi connectivity index (χ2n) is 6.50. The number of carbonyl (C=O) groups is 2. The van der Waals surface area contributed by atoms with E-state index in [0.29, 0.717) is 30.3 Å². The van der Waals surface area contributed by atoms with Gasteiger partial charge in [0.2, 0.25) is 5.91 Å². The molecule has 0 aliphatic heterocycles. The monoisotopic (exact) mass is 412 g/mol. The fraction of sp³-hybridized carbons (Fsp3) is 0.471. The number of halogens is 2. The fourth-order valence-corrected chi connectivity index (χ4v) is 2.73. The molecule has 1 aliphatic carbocycles. The van der Waals surface area contributed by atoms with Crippen molar-refractivity contribution in [2.24, 2.45) is 0 Å². The number of carbonyl (C=O) groups excluding carboxylic acids is 1. The summed E-state index contributed by atoms with van der Waals surface area (Å²) in [6.45, 7) is 1.62. The Bertz CT molecular complexity index is 842. The molecular formula is C17H22ClFN6O3. The molecule has 1 aromatic heterocycles. The number of carboxylic acid groups (broad SMARTS) is 1. The van der Waals surface area contributed by atoms with E-state index >= 15 is 0 Å². The highest BCUT2D eigenvalue weighted by atomic mass is 35.5. The number of hydrogen-bond donors (Lipinski definition) is 3. The van der Waals surface area contributed by atoms with E-state index < -0.39 is 23.7 Å². The molecule has 2 aromatic rings. The van der Waals surface area contributed by atoms with Gasteiger partial charge in [-0.2, -0.15) is 4.68 Å². The zero-order valence-electron chi connectivity index (χ0n) is 15.3. The van der Waals surface area contributed by atoms with Crippen LogP contribution >= 0.6 is 12.4 Å². The summed E-state index contributed by atoms with van der Waals surface area (Å²) < 4.78 is 15.6. The van der Waals surface area contributed by atoms with Crippen LogP contribution in [-0.2, 0) is 9.59 Å². The Morgan fingerprint density at radius 1 is 1.39 bits per heavy atom. The zero-order chi connectivity index (χ0) is 19.4. The number of hydrogen-bond acceptors (Lipinski definition) is 6. The van der Waals surface area contributed by atoms with Crippen molar-refractivity contribution in [1.82, 2.24) is 25.5 Å². The van der Waals surface area contributed by atoms with Crippen molar-refractivity contribution in [2.45, 2.75) is 44.6 Å². The number of aromatic nitrogens is 4. The molecular weight excluding hydrogens is 391 g/mol. The van der Waals surface area contributed by atoms with E-state index in [2.05, 4.69) is 26.2 Å². The van der Waals surface area contributed by atoms with Gasteiger partial charge in [-0.15, -0.1) is 17.5 Å². The largest absolute Gasteiger partial charge is 0.480 e. The highest BCUT2D eigenvalue weighted by molar-refractivity contribution is 5.93. The normalized spacial score (nSPS) is 14.2. The third kappa shape index (κ3) is 5.23. The quantitative estimate of drug-likeness (QED) is 0.574. The Morgan fingerprint density at radius 2 is 2.14 bits per heavy atom. The maximum absolute atomic E-state index is 14.1. The third-order valence-corrected chi connectivity index (χ3v) is 4.29. The Morgan fingerprint density at radius 3 is 2.79 bits per heavy atom. The lowest BCUT2D eigenvalue weighted by Crippen LogP contribution is -2.41. The highest BCUT2D eigenvalue weighted by Gasteiger charge is 2.30. The molecule has 0 bridgehead atoms. The summed E-state index contributed by atoms with van der Waals surface area (Å²) in [7, 11) is 0. The Hall–Kier alpha value is -2.59. The molecule has 1 fully saturated rings. The van der Waals surface area contributed by atoms with Gasteiger partial charge in [-0.3, -0.25) is 14.9 Å². The SMILES string of the molecule is CCCC(NCC(=O)Nc1cc(-n2nnnc2C2CC2)ccc1F)C(=O)O.Cl. The molecule has 1 unspecified atom stereocenters. The van der Waals surface area contributed by atoms with E-state index in [1.165, 1.54) is 22.9 Å². The van der Waals surface area contributed by atoms with Crippen molar-refractivity contribution in [1.29, 1.82) is 0 Å². The molecule has 0 radical (unpaired) electrons. The zero-order valence-corrected chi connectivity index (χ0v) is 16.1. The lowest BCUT2D eigenvalue weighted by atomic mass is 10.1. The van der Waals surface area contributed by atoms with Gasteiger partial charge in [0, 0.05) is 5.92 Å². The number of carboxylic acids is 1. The smallest absolute Gasteiger partial charge is 0.320 e. The van der Waals surface area contributed by atoms with E-state index in [1.54, 1.807) is 0 Å². The number of rotatable bonds is 9. The first-order valence-corrected chi connectivity index (χ1v) is 8.83. The number of amides is 1. The van der Waals surface area contributed by atoms with Crippen LogP contribution in [0.2, 0.25) is 0 Å². The molecule has 0 saturated heterocycles. The first-order valence-electron chi connectivity index (χ1n) is 8.83. The Balaban J connectivity index is 0.00000280. The minimum Gasteiger partial charge on any atom is -0.480 e. The van der Waals surface area contributed by atoms with E-state index in [-0.39, 0.29) is 24.6 Å². The van der Waals surface area contributed by atoms with Crippen molar-refractivity contribution >= 4 is 30.0 Å². The van der Waals surface area contributed by atoms with Crippen molar-refractivity contribution in [3.05, 3.63) is 29.8 Å². The van der Waals surface area contributed by atoms with Crippen molar-refractivity contribution in [3.63, 3.8) is 0 Å². The second-order valence-corrected chi connectivity index (χ2v) is 6.50. The summed E-state index contributed by atoms with van der Waals surface area (Å²) in [4.78, 5) is 23.2. The van der Waals surface area contributed by atoms with Crippen LogP contribution in [-0.4, -0.2) is 49.8 Å². The number of nitrogens with one attached hydrogen (secondary N) is 2. The number of tetrazole rings is 1. The fourth-order valence-electron chi connectivity index (χ4n) is 2.73. The van der Waals surface area contributed by atoms with Crippen LogP contribution in [0.5, 0.6) is 0 Å². The molecule has 1 heterocycles. The first kappa shape index (κ1) is 21.7. The number of aliphatic carboxylic acids is 1. The lowest BCUT2D eigenvalue weighted by Gasteiger charge is -2.14. The molecule has 9 nitrogen and oxygen atoms in total. The molecule has 3 N–H and O–H groups in total. The highest BCUT2D eigenvalue weighted by Crippen LogP contribution is 2.39. The van der Waals surface area contributed by atoms with Crippen LogP contribution in [0.3, 0.4) is 0 Å². The average Bonchev–Trinajstić information content (AvgIpc) is 3.37. The van der Waals surface area contributed by atoms with E-state index in [9.17, 15) is 14.0 Å².